The summed E-state index contributed by atoms with van der Waals surface area (Å²) in [5.74, 6) is -1.04. The number of aromatic carboxylic acids is 1. The van der Waals surface area contributed by atoms with Gasteiger partial charge >= 0.3 is 5.97 Å². The molecule has 0 aliphatic rings. The van der Waals surface area contributed by atoms with E-state index in [4.69, 9.17) is 14.9 Å². The molecule has 0 saturated heterocycles. The van der Waals surface area contributed by atoms with E-state index in [1.165, 1.54) is 12.1 Å². The number of aromatic hydroxyl groups is 1. The molecule has 0 amide bonds. The van der Waals surface area contributed by atoms with Gasteiger partial charge in [-0.15, -0.1) is 0 Å². The first-order chi connectivity index (χ1) is 12.0. The van der Waals surface area contributed by atoms with Crippen molar-refractivity contribution in [3.05, 3.63) is 53.7 Å². The SMILES string of the molecule is N#Cc1cn(-c2ccc(C(=O)O)c(O)c2)c2ccc(OCCO)cc12. The molecular weight excluding hydrogens is 324 g/mol. The minimum Gasteiger partial charge on any atom is -0.507 e. The third-order valence-electron chi connectivity index (χ3n) is 3.75. The van der Waals surface area contributed by atoms with Gasteiger partial charge in [-0.3, -0.25) is 0 Å². The third kappa shape index (κ3) is 2.98. The third-order valence-corrected chi connectivity index (χ3v) is 3.75. The molecule has 0 fully saturated rings. The van der Waals surface area contributed by atoms with Crippen molar-refractivity contribution in [2.45, 2.75) is 0 Å². The Kier molecular flexibility index (Phi) is 4.29. The van der Waals surface area contributed by atoms with Gasteiger partial charge in [0.2, 0.25) is 0 Å². The van der Waals surface area contributed by atoms with Gasteiger partial charge in [-0.1, -0.05) is 0 Å². The number of carboxylic acids is 1. The highest BCUT2D eigenvalue weighted by atomic mass is 16.5. The van der Waals surface area contributed by atoms with Crippen LogP contribution < -0.4 is 4.74 Å². The molecule has 7 nitrogen and oxygen atoms in total. The summed E-state index contributed by atoms with van der Waals surface area (Å²) >= 11 is 0. The second kappa shape index (κ2) is 6.55. The highest BCUT2D eigenvalue weighted by Crippen LogP contribution is 2.30. The van der Waals surface area contributed by atoms with E-state index in [1.807, 2.05) is 0 Å². The largest absolute Gasteiger partial charge is 0.507 e. The molecule has 0 aliphatic carbocycles. The summed E-state index contributed by atoms with van der Waals surface area (Å²) in [6, 6.07) is 11.5. The van der Waals surface area contributed by atoms with Crippen LogP contribution in [-0.4, -0.2) is 39.1 Å². The Bertz CT molecular complexity index is 1000. The molecule has 0 aliphatic heterocycles. The van der Waals surface area contributed by atoms with Crippen LogP contribution in [-0.2, 0) is 0 Å². The molecule has 0 atom stereocenters. The maximum atomic E-state index is 11.0. The highest BCUT2D eigenvalue weighted by Gasteiger charge is 2.14. The number of nitrogens with zero attached hydrogens (tertiary/aromatic N) is 2. The van der Waals surface area contributed by atoms with Crippen LogP contribution in [0.4, 0.5) is 0 Å². The van der Waals surface area contributed by atoms with Crippen molar-refractivity contribution in [1.29, 1.82) is 5.26 Å². The quantitative estimate of drug-likeness (QED) is 0.657. The van der Waals surface area contributed by atoms with Crippen molar-refractivity contribution in [1.82, 2.24) is 4.57 Å². The van der Waals surface area contributed by atoms with Crippen LogP contribution in [0.5, 0.6) is 11.5 Å². The molecule has 25 heavy (non-hydrogen) atoms. The minimum atomic E-state index is -1.22. The van der Waals surface area contributed by atoms with Gasteiger partial charge in [-0.2, -0.15) is 5.26 Å². The predicted octanol–water partition coefficient (Wildman–Crippen LogP) is 2.28. The Morgan fingerprint density at radius 3 is 2.68 bits per heavy atom. The number of aromatic nitrogens is 1. The van der Waals surface area contributed by atoms with Gasteiger partial charge in [-0.25, -0.2) is 4.79 Å². The number of aliphatic hydroxyl groups excluding tert-OH is 1. The van der Waals surface area contributed by atoms with Gasteiger partial charge in [0.25, 0.3) is 0 Å². The zero-order chi connectivity index (χ0) is 18.0. The number of fused-ring (bicyclic) bond motifs is 1. The minimum absolute atomic E-state index is 0.112. The van der Waals surface area contributed by atoms with Crippen molar-refractivity contribution in [3.63, 3.8) is 0 Å². The monoisotopic (exact) mass is 338 g/mol. The first-order valence-corrected chi connectivity index (χ1v) is 7.40. The van der Waals surface area contributed by atoms with E-state index in [0.29, 0.717) is 27.9 Å². The van der Waals surface area contributed by atoms with Crippen LogP contribution in [0.2, 0.25) is 0 Å². The lowest BCUT2D eigenvalue weighted by Gasteiger charge is -2.08. The van der Waals surface area contributed by atoms with E-state index in [9.17, 15) is 15.2 Å². The fourth-order valence-electron chi connectivity index (χ4n) is 2.62. The molecule has 7 heteroatoms. The van der Waals surface area contributed by atoms with Gasteiger partial charge in [0.15, 0.2) is 0 Å². The summed E-state index contributed by atoms with van der Waals surface area (Å²) in [6.07, 6.45) is 1.61. The molecule has 3 aromatic rings. The summed E-state index contributed by atoms with van der Waals surface area (Å²) in [5, 5.41) is 37.7. The summed E-state index contributed by atoms with van der Waals surface area (Å²) in [6.45, 7) is 0.0397. The smallest absolute Gasteiger partial charge is 0.339 e. The van der Waals surface area contributed by atoms with Crippen LogP contribution in [0.25, 0.3) is 16.6 Å². The van der Waals surface area contributed by atoms with Crippen molar-refractivity contribution in [2.75, 3.05) is 13.2 Å². The van der Waals surface area contributed by atoms with Gasteiger partial charge < -0.3 is 24.6 Å². The summed E-state index contributed by atoms with van der Waals surface area (Å²) < 4.78 is 7.05. The molecule has 0 radical (unpaired) electrons. The topological polar surface area (TPSA) is 116 Å². The van der Waals surface area contributed by atoms with Gasteiger partial charge in [0.05, 0.1) is 17.7 Å². The first kappa shape index (κ1) is 16.4. The lowest BCUT2D eigenvalue weighted by Crippen LogP contribution is -2.01. The number of ether oxygens (including phenoxy) is 1. The van der Waals surface area contributed by atoms with Crippen molar-refractivity contribution < 1.29 is 24.9 Å². The molecule has 3 N–H and O–H groups in total. The van der Waals surface area contributed by atoms with E-state index >= 15 is 0 Å². The first-order valence-electron chi connectivity index (χ1n) is 7.40. The van der Waals surface area contributed by atoms with Crippen LogP contribution >= 0.6 is 0 Å². The van der Waals surface area contributed by atoms with Crippen LogP contribution in [0.3, 0.4) is 0 Å². The van der Waals surface area contributed by atoms with Crippen LogP contribution in [0.15, 0.2) is 42.6 Å². The number of hydrogen-bond acceptors (Lipinski definition) is 5. The molecule has 0 saturated carbocycles. The molecule has 0 bridgehead atoms. The Hall–Kier alpha value is -3.50. The predicted molar refractivity (Wildman–Crippen MR) is 89.2 cm³/mol. The lowest BCUT2D eigenvalue weighted by atomic mass is 10.1. The molecule has 0 spiro atoms. The fourth-order valence-corrected chi connectivity index (χ4v) is 2.62. The molecule has 1 heterocycles. The number of carboxylic acid groups (broad SMARTS) is 1. The number of benzene rings is 2. The van der Waals surface area contributed by atoms with Gasteiger partial charge in [0, 0.05) is 23.3 Å². The average Bonchev–Trinajstić information content (AvgIpc) is 2.97. The normalized spacial score (nSPS) is 10.6. The molecular formula is C18H14N2O5. The number of carbonyl (C=O) groups is 1. The Labute approximate surface area is 142 Å². The number of phenols is 1. The van der Waals surface area contributed by atoms with Gasteiger partial charge in [-0.05, 0) is 30.3 Å². The Balaban J connectivity index is 2.12. The van der Waals surface area contributed by atoms with Crippen LogP contribution in [0, 0.1) is 11.3 Å². The zero-order valence-corrected chi connectivity index (χ0v) is 13.0. The summed E-state index contributed by atoms with van der Waals surface area (Å²) in [7, 11) is 0. The van der Waals surface area contributed by atoms with Crippen molar-refractivity contribution >= 4 is 16.9 Å². The standard InChI is InChI=1S/C18H14N2O5/c19-9-11-10-20(12-1-3-14(18(23)24)17(22)7-12)16-4-2-13(8-15(11)16)25-6-5-21/h1-4,7-8,10,21-22H,5-6H2,(H,23,24). The number of nitriles is 1. The number of hydrogen-bond donors (Lipinski definition) is 3. The molecule has 1 aromatic heterocycles. The van der Waals surface area contributed by atoms with Crippen molar-refractivity contribution in [3.8, 4) is 23.3 Å². The summed E-state index contributed by atoms with van der Waals surface area (Å²) in [4.78, 5) is 11.0. The maximum Gasteiger partial charge on any atom is 0.339 e. The molecule has 2 aromatic carbocycles. The second-order valence-corrected chi connectivity index (χ2v) is 5.28. The number of rotatable bonds is 5. The van der Waals surface area contributed by atoms with E-state index in [1.54, 1.807) is 35.0 Å². The van der Waals surface area contributed by atoms with Gasteiger partial charge in [0.1, 0.15) is 29.7 Å². The second-order valence-electron chi connectivity index (χ2n) is 5.28. The summed E-state index contributed by atoms with van der Waals surface area (Å²) in [5.41, 5.74) is 1.44. The van der Waals surface area contributed by atoms with E-state index in [0.717, 1.165) is 0 Å². The molecule has 126 valence electrons. The highest BCUT2D eigenvalue weighted by molar-refractivity contribution is 5.92. The van der Waals surface area contributed by atoms with E-state index < -0.39 is 5.97 Å². The Morgan fingerprint density at radius 1 is 1.24 bits per heavy atom. The average molecular weight is 338 g/mol. The van der Waals surface area contributed by atoms with Crippen molar-refractivity contribution in [2.24, 2.45) is 0 Å². The fraction of sp³-hybridized carbons (Fsp3) is 0.111. The number of aliphatic hydroxyl groups is 1. The molecule has 0 unspecified atom stereocenters. The van der Waals surface area contributed by atoms with E-state index in [2.05, 4.69) is 6.07 Å². The zero-order valence-electron chi connectivity index (χ0n) is 13.0. The molecule has 3 rings (SSSR count). The lowest BCUT2D eigenvalue weighted by molar-refractivity contribution is 0.0693. The van der Waals surface area contributed by atoms with E-state index in [-0.39, 0.29) is 24.5 Å². The van der Waals surface area contributed by atoms with Crippen LogP contribution in [0.1, 0.15) is 15.9 Å². The maximum absolute atomic E-state index is 11.0. The Morgan fingerprint density at radius 2 is 2.04 bits per heavy atom.